The third kappa shape index (κ3) is 6.81. The Morgan fingerprint density at radius 3 is 1.68 bits per heavy atom. The molecule has 2 aliphatic rings. The highest BCUT2D eigenvalue weighted by molar-refractivity contribution is 5.98. The molecule has 2 heteroatoms. The fraction of sp³-hybridized carbons (Fsp3) is 0.0704. The zero-order chi connectivity index (χ0) is 49.3. The van der Waals surface area contributed by atoms with E-state index in [1.165, 1.54) is 77.7 Å². The molecule has 10 aromatic carbocycles. The lowest BCUT2D eigenvalue weighted by atomic mass is 9.67. The summed E-state index contributed by atoms with van der Waals surface area (Å²) in [5, 5.41) is 1.18. The largest absolute Gasteiger partial charge is 0.313 e. The molecule has 0 saturated heterocycles. The van der Waals surface area contributed by atoms with Crippen molar-refractivity contribution in [2.24, 2.45) is 0 Å². The molecule has 0 amide bonds. The molecular formula is C71H52N2. The summed E-state index contributed by atoms with van der Waals surface area (Å²) in [7, 11) is 0. The Kier molecular flexibility index (Phi) is 10.4. The number of hydrogen-bond acceptors (Lipinski definition) is 1. The maximum absolute atomic E-state index is 5.69. The van der Waals surface area contributed by atoms with Gasteiger partial charge in [-0.1, -0.05) is 208 Å². The summed E-state index contributed by atoms with van der Waals surface area (Å²) in [6.07, 6.45) is 9.53. The number of rotatable bonds is 9. The highest BCUT2D eigenvalue weighted by atomic mass is 15.1. The van der Waals surface area contributed by atoms with Gasteiger partial charge in [-0.05, 0) is 152 Å². The molecule has 2 nitrogen and oxygen atoms in total. The Morgan fingerprint density at radius 2 is 0.986 bits per heavy atom. The average Bonchev–Trinajstić information content (AvgIpc) is 4.00. The van der Waals surface area contributed by atoms with Crippen molar-refractivity contribution in [1.29, 1.82) is 0 Å². The number of terminal acetylenes is 1. The van der Waals surface area contributed by atoms with Gasteiger partial charge in [-0.2, -0.15) is 0 Å². The zero-order valence-corrected chi connectivity index (χ0v) is 41.2. The lowest BCUT2D eigenvalue weighted by molar-refractivity contribution is 0.660. The lowest BCUT2D eigenvalue weighted by Gasteiger charge is -2.35. The minimum atomic E-state index is -0.632. The van der Waals surface area contributed by atoms with E-state index >= 15 is 0 Å². The number of allylic oxidation sites excluding steroid dienone is 1. The maximum Gasteiger partial charge on any atom is 0.0714 e. The summed E-state index contributed by atoms with van der Waals surface area (Å²) >= 11 is 0. The van der Waals surface area contributed by atoms with Crippen LogP contribution in [0.15, 0.2) is 249 Å². The first kappa shape index (κ1) is 43.8. The van der Waals surface area contributed by atoms with Crippen LogP contribution in [0.1, 0.15) is 58.5 Å². The van der Waals surface area contributed by atoms with Gasteiger partial charge in [-0.3, -0.25) is 0 Å². The maximum atomic E-state index is 5.69. The Labute approximate surface area is 428 Å². The monoisotopic (exact) mass is 932 g/mol. The third-order valence-electron chi connectivity index (χ3n) is 15.8. The smallest absolute Gasteiger partial charge is 0.0714 e. The van der Waals surface area contributed by atoms with Crippen molar-refractivity contribution in [3.63, 3.8) is 0 Å². The van der Waals surface area contributed by atoms with Crippen LogP contribution in [0.3, 0.4) is 0 Å². The van der Waals surface area contributed by atoms with Crippen molar-refractivity contribution in [3.8, 4) is 62.5 Å². The van der Waals surface area contributed by atoms with E-state index in [2.05, 4.69) is 285 Å². The fourth-order valence-corrected chi connectivity index (χ4v) is 12.5. The van der Waals surface area contributed by atoms with Crippen LogP contribution in [0.25, 0.3) is 67.2 Å². The first-order valence-corrected chi connectivity index (χ1v) is 25.3. The minimum Gasteiger partial charge on any atom is -0.313 e. The van der Waals surface area contributed by atoms with Crippen LogP contribution in [-0.2, 0) is 10.8 Å². The molecule has 0 spiro atoms. The van der Waals surface area contributed by atoms with Gasteiger partial charge >= 0.3 is 0 Å². The van der Waals surface area contributed by atoms with Crippen LogP contribution < -0.4 is 4.90 Å². The summed E-state index contributed by atoms with van der Waals surface area (Å²) in [5.41, 5.74) is 24.6. The molecule has 2 aliphatic carbocycles. The van der Waals surface area contributed by atoms with Gasteiger partial charge in [0.05, 0.1) is 10.9 Å². The highest BCUT2D eigenvalue weighted by Gasteiger charge is 2.47. The molecule has 0 N–H and O–H groups in total. The Balaban J connectivity index is 1.02. The summed E-state index contributed by atoms with van der Waals surface area (Å²) in [4.78, 5) is 2.47. The van der Waals surface area contributed by atoms with Gasteiger partial charge in [-0.25, -0.2) is 0 Å². The molecule has 0 saturated carbocycles. The van der Waals surface area contributed by atoms with E-state index in [0.29, 0.717) is 0 Å². The molecule has 0 aliphatic heterocycles. The lowest BCUT2D eigenvalue weighted by Crippen LogP contribution is -2.28. The molecule has 0 bridgehead atoms. The molecule has 0 unspecified atom stereocenters. The minimum absolute atomic E-state index is 0.161. The molecule has 346 valence electrons. The van der Waals surface area contributed by atoms with E-state index in [1.54, 1.807) is 6.08 Å². The molecule has 73 heavy (non-hydrogen) atoms. The Morgan fingerprint density at radius 1 is 0.452 bits per heavy atom. The summed E-state index contributed by atoms with van der Waals surface area (Å²) in [5.74, 6) is 2.69. The van der Waals surface area contributed by atoms with Crippen LogP contribution in [0.5, 0.6) is 0 Å². The second kappa shape index (κ2) is 17.3. The normalized spacial score (nSPS) is 13.6. The van der Waals surface area contributed by atoms with Gasteiger partial charge < -0.3 is 9.47 Å². The number of aromatic nitrogens is 1. The quantitative estimate of drug-likeness (QED) is 0.131. The van der Waals surface area contributed by atoms with Crippen LogP contribution in [-0.4, -0.2) is 4.57 Å². The van der Waals surface area contributed by atoms with E-state index in [1.807, 2.05) is 0 Å². The van der Waals surface area contributed by atoms with E-state index < -0.39 is 5.41 Å². The predicted molar refractivity (Wildman–Crippen MR) is 306 cm³/mol. The van der Waals surface area contributed by atoms with Crippen molar-refractivity contribution in [1.82, 2.24) is 4.57 Å². The predicted octanol–water partition coefficient (Wildman–Crippen LogP) is 18.1. The van der Waals surface area contributed by atoms with E-state index in [0.717, 1.165) is 45.1 Å². The first-order chi connectivity index (χ1) is 35.9. The Bertz CT molecular complexity index is 3940. The number of fused-ring (bicyclic) bond motifs is 7. The molecule has 1 heterocycles. The first-order valence-electron chi connectivity index (χ1n) is 25.3. The summed E-state index contributed by atoms with van der Waals surface area (Å²) < 4.78 is 2.35. The number of hydrogen-bond donors (Lipinski definition) is 0. The van der Waals surface area contributed by atoms with Gasteiger partial charge in [0.1, 0.15) is 0 Å². The molecular weight excluding hydrogens is 881 g/mol. The number of nitrogens with zero attached hydrogens (tertiary/aromatic N) is 2. The van der Waals surface area contributed by atoms with Crippen molar-refractivity contribution in [2.75, 3.05) is 4.90 Å². The van der Waals surface area contributed by atoms with E-state index in [4.69, 9.17) is 6.42 Å². The second-order valence-electron chi connectivity index (χ2n) is 20.0. The van der Waals surface area contributed by atoms with Gasteiger partial charge in [0.15, 0.2) is 0 Å². The number of benzene rings is 10. The third-order valence-corrected chi connectivity index (χ3v) is 15.8. The molecule has 0 fully saturated rings. The van der Waals surface area contributed by atoms with Gasteiger partial charge in [0, 0.05) is 44.8 Å². The van der Waals surface area contributed by atoms with Gasteiger partial charge in [0.2, 0.25) is 0 Å². The van der Waals surface area contributed by atoms with E-state index in [-0.39, 0.29) is 5.41 Å². The topological polar surface area (TPSA) is 8.17 Å². The molecule has 1 aromatic heterocycles. The fourth-order valence-electron chi connectivity index (χ4n) is 12.5. The SMILES string of the molecule is C#C/C=C\c1c(C)n(-c2ccc(-c3cccc4c3-c3ccc(N(c5ccc(-c6ccccc6)cc5)c5ccc6c(c5)C(C)(C)c5ccccc5-6)cc3C4(c3ccccc3)c3ccccc3)cc2)c2ccccc12. The molecule has 13 rings (SSSR count). The number of para-hydroxylation sites is 1. The molecule has 0 atom stereocenters. The van der Waals surface area contributed by atoms with Crippen molar-refractivity contribution in [2.45, 2.75) is 31.6 Å². The zero-order valence-electron chi connectivity index (χ0n) is 41.2. The van der Waals surface area contributed by atoms with Crippen LogP contribution in [0.4, 0.5) is 17.1 Å². The Hall–Kier alpha value is -9.16. The molecule has 11 aromatic rings. The molecule has 0 radical (unpaired) electrons. The van der Waals surface area contributed by atoms with Gasteiger partial charge in [0.25, 0.3) is 0 Å². The second-order valence-corrected chi connectivity index (χ2v) is 20.0. The average molecular weight is 933 g/mol. The van der Waals surface area contributed by atoms with Gasteiger partial charge in [-0.15, -0.1) is 6.42 Å². The van der Waals surface area contributed by atoms with Crippen molar-refractivity contribution >= 4 is 34.0 Å². The van der Waals surface area contributed by atoms with Crippen LogP contribution in [0.2, 0.25) is 0 Å². The van der Waals surface area contributed by atoms with Crippen molar-refractivity contribution < 1.29 is 0 Å². The summed E-state index contributed by atoms with van der Waals surface area (Å²) in [6, 6.07) is 89.9. The number of anilines is 3. The van der Waals surface area contributed by atoms with E-state index in [9.17, 15) is 0 Å². The summed E-state index contributed by atoms with van der Waals surface area (Å²) in [6.45, 7) is 6.91. The van der Waals surface area contributed by atoms with Crippen molar-refractivity contribution in [3.05, 3.63) is 293 Å². The van der Waals surface area contributed by atoms with Crippen LogP contribution in [0, 0.1) is 19.3 Å². The van der Waals surface area contributed by atoms with Crippen LogP contribution >= 0.6 is 0 Å². The standard InChI is InChI=1S/C71H52N2/c1-5-6-27-58-48(2)72(68-33-19-17-29-62(58)68)54-40-36-51(37-41-54)59-30-20-32-65-69(59)63-45-43-57(47-67(63)71(65,52-23-12-8-13-24-52)53-25-14-9-15-26-53)73(55-38-34-50(35-39-55)49-21-10-7-11-22-49)56-42-44-61-60-28-16-18-31-64(60)70(3,4)66(61)46-56/h1,6-47H,2-4H3/b27-6-. The highest BCUT2D eigenvalue weighted by Crippen LogP contribution is 2.60.